The maximum atomic E-state index is 9.15. The van der Waals surface area contributed by atoms with Crippen molar-refractivity contribution in [2.24, 2.45) is 5.92 Å². The van der Waals surface area contributed by atoms with Gasteiger partial charge in [-0.3, -0.25) is 0 Å². The van der Waals surface area contributed by atoms with Gasteiger partial charge in [0.15, 0.2) is 0 Å². The van der Waals surface area contributed by atoms with E-state index in [9.17, 15) is 0 Å². The molecular weight excluding hydrogens is 206 g/mol. The summed E-state index contributed by atoms with van der Waals surface area (Å²) >= 11 is 5.82. The highest BCUT2D eigenvalue weighted by Crippen LogP contribution is 2.39. The zero-order chi connectivity index (χ0) is 10.8. The van der Waals surface area contributed by atoms with Gasteiger partial charge in [-0.05, 0) is 43.4 Å². The summed E-state index contributed by atoms with van der Waals surface area (Å²) in [4.78, 5) is 0. The quantitative estimate of drug-likeness (QED) is 0.686. The molecule has 2 heteroatoms. The second kappa shape index (κ2) is 4.08. The predicted octanol–water partition coefficient (Wildman–Crippen LogP) is 4.05. The number of benzene rings is 1. The van der Waals surface area contributed by atoms with Crippen LogP contribution in [-0.2, 0) is 0 Å². The van der Waals surface area contributed by atoms with Gasteiger partial charge in [-0.25, -0.2) is 0 Å². The minimum absolute atomic E-state index is 0.635. The second-order valence-electron chi connectivity index (χ2n) is 3.95. The first kappa shape index (κ1) is 10.3. The van der Waals surface area contributed by atoms with Crippen LogP contribution >= 0.6 is 11.6 Å². The third-order valence-electron chi connectivity index (χ3n) is 2.83. The molecule has 1 aromatic rings. The van der Waals surface area contributed by atoms with Crippen molar-refractivity contribution in [2.45, 2.75) is 19.8 Å². The molecule has 1 aliphatic carbocycles. The van der Waals surface area contributed by atoms with Crippen molar-refractivity contribution in [2.75, 3.05) is 0 Å². The standard InChI is InChI=1S/C13H12ClN/c1-9(10-2-3-10)13(8-15)11-4-6-12(14)7-5-11/h4-7,10H,2-3H2,1H3/b13-9-. The number of hydrogen-bond acceptors (Lipinski definition) is 1. The number of rotatable bonds is 2. The summed E-state index contributed by atoms with van der Waals surface area (Å²) in [7, 11) is 0. The minimum Gasteiger partial charge on any atom is -0.192 e. The monoisotopic (exact) mass is 217 g/mol. The van der Waals surface area contributed by atoms with Gasteiger partial charge in [-0.1, -0.05) is 29.3 Å². The molecule has 1 fully saturated rings. The molecular formula is C13H12ClN. The van der Waals surface area contributed by atoms with Crippen LogP contribution in [0.3, 0.4) is 0 Å². The molecule has 1 saturated carbocycles. The fraction of sp³-hybridized carbons (Fsp3) is 0.308. The molecule has 15 heavy (non-hydrogen) atoms. The summed E-state index contributed by atoms with van der Waals surface area (Å²) in [6, 6.07) is 9.77. The van der Waals surface area contributed by atoms with Gasteiger partial charge in [0, 0.05) is 5.02 Å². The van der Waals surface area contributed by atoms with Crippen molar-refractivity contribution in [3.8, 4) is 6.07 Å². The maximum absolute atomic E-state index is 9.15. The van der Waals surface area contributed by atoms with Crippen LogP contribution in [0.5, 0.6) is 0 Å². The van der Waals surface area contributed by atoms with Gasteiger partial charge in [0.2, 0.25) is 0 Å². The number of nitrogens with zero attached hydrogens (tertiary/aromatic N) is 1. The number of halogens is 1. The van der Waals surface area contributed by atoms with Crippen molar-refractivity contribution in [1.29, 1.82) is 5.26 Å². The molecule has 2 rings (SSSR count). The van der Waals surface area contributed by atoms with E-state index in [2.05, 4.69) is 13.0 Å². The van der Waals surface area contributed by atoms with Crippen LogP contribution < -0.4 is 0 Å². The smallest absolute Gasteiger partial charge is 0.0997 e. The predicted molar refractivity (Wildman–Crippen MR) is 62.4 cm³/mol. The Kier molecular flexibility index (Phi) is 2.79. The van der Waals surface area contributed by atoms with E-state index in [1.807, 2.05) is 24.3 Å². The van der Waals surface area contributed by atoms with Crippen LogP contribution in [0.2, 0.25) is 5.02 Å². The van der Waals surface area contributed by atoms with Gasteiger partial charge in [0.1, 0.15) is 0 Å². The average Bonchev–Trinajstić information content (AvgIpc) is 3.05. The highest BCUT2D eigenvalue weighted by molar-refractivity contribution is 6.30. The zero-order valence-electron chi connectivity index (χ0n) is 8.63. The minimum atomic E-state index is 0.635. The Balaban J connectivity index is 2.39. The van der Waals surface area contributed by atoms with Gasteiger partial charge in [-0.2, -0.15) is 5.26 Å². The van der Waals surface area contributed by atoms with Gasteiger partial charge >= 0.3 is 0 Å². The molecule has 0 bridgehead atoms. The summed E-state index contributed by atoms with van der Waals surface area (Å²) in [6.07, 6.45) is 2.45. The van der Waals surface area contributed by atoms with E-state index in [0.29, 0.717) is 10.9 Å². The number of allylic oxidation sites excluding steroid dienone is 2. The first-order chi connectivity index (χ1) is 7.22. The topological polar surface area (TPSA) is 23.8 Å². The molecule has 0 saturated heterocycles. The van der Waals surface area contributed by atoms with E-state index in [-0.39, 0.29) is 0 Å². The van der Waals surface area contributed by atoms with Crippen molar-refractivity contribution in [3.05, 3.63) is 40.4 Å². The Morgan fingerprint density at radius 1 is 1.33 bits per heavy atom. The summed E-state index contributed by atoms with van der Waals surface area (Å²) in [5, 5.41) is 9.86. The lowest BCUT2D eigenvalue weighted by Gasteiger charge is -2.04. The van der Waals surface area contributed by atoms with Crippen molar-refractivity contribution < 1.29 is 0 Å². The Morgan fingerprint density at radius 2 is 1.93 bits per heavy atom. The summed E-state index contributed by atoms with van der Waals surface area (Å²) in [5.41, 5.74) is 3.01. The molecule has 0 heterocycles. The lowest BCUT2D eigenvalue weighted by atomic mass is 9.99. The highest BCUT2D eigenvalue weighted by Gasteiger charge is 2.25. The van der Waals surface area contributed by atoms with Crippen molar-refractivity contribution in [3.63, 3.8) is 0 Å². The molecule has 0 unspecified atom stereocenters. The second-order valence-corrected chi connectivity index (χ2v) is 4.39. The first-order valence-electron chi connectivity index (χ1n) is 5.09. The van der Waals surface area contributed by atoms with Gasteiger partial charge in [0.25, 0.3) is 0 Å². The molecule has 0 aromatic heterocycles. The van der Waals surface area contributed by atoms with E-state index in [1.54, 1.807) is 0 Å². The van der Waals surface area contributed by atoms with E-state index in [1.165, 1.54) is 18.4 Å². The van der Waals surface area contributed by atoms with Gasteiger partial charge in [-0.15, -0.1) is 0 Å². The average molecular weight is 218 g/mol. The van der Waals surface area contributed by atoms with Crippen LogP contribution in [0.25, 0.3) is 5.57 Å². The highest BCUT2D eigenvalue weighted by atomic mass is 35.5. The van der Waals surface area contributed by atoms with Crippen LogP contribution in [0.1, 0.15) is 25.3 Å². The van der Waals surface area contributed by atoms with Crippen LogP contribution in [0, 0.1) is 17.2 Å². The Bertz CT molecular complexity index is 433. The Morgan fingerprint density at radius 3 is 2.40 bits per heavy atom. The normalized spacial score (nSPS) is 16.9. The third kappa shape index (κ3) is 2.22. The van der Waals surface area contributed by atoms with Crippen LogP contribution in [-0.4, -0.2) is 0 Å². The molecule has 0 aliphatic heterocycles. The van der Waals surface area contributed by atoms with Crippen molar-refractivity contribution in [1.82, 2.24) is 0 Å². The van der Waals surface area contributed by atoms with E-state index >= 15 is 0 Å². The van der Waals surface area contributed by atoms with Crippen LogP contribution in [0.15, 0.2) is 29.8 Å². The molecule has 1 aliphatic rings. The maximum Gasteiger partial charge on any atom is 0.0997 e. The molecule has 0 amide bonds. The zero-order valence-corrected chi connectivity index (χ0v) is 9.38. The fourth-order valence-electron chi connectivity index (χ4n) is 1.72. The molecule has 0 radical (unpaired) electrons. The molecule has 0 N–H and O–H groups in total. The number of hydrogen-bond donors (Lipinski definition) is 0. The Labute approximate surface area is 95.0 Å². The van der Waals surface area contributed by atoms with E-state index in [4.69, 9.17) is 16.9 Å². The van der Waals surface area contributed by atoms with Crippen molar-refractivity contribution >= 4 is 17.2 Å². The lowest BCUT2D eigenvalue weighted by molar-refractivity contribution is 1.01. The summed E-state index contributed by atoms with van der Waals surface area (Å²) in [5.74, 6) is 0.635. The van der Waals surface area contributed by atoms with Gasteiger partial charge < -0.3 is 0 Å². The summed E-state index contributed by atoms with van der Waals surface area (Å²) in [6.45, 7) is 2.06. The lowest BCUT2D eigenvalue weighted by Crippen LogP contribution is -1.88. The van der Waals surface area contributed by atoms with Crippen LogP contribution in [0.4, 0.5) is 0 Å². The molecule has 76 valence electrons. The SMILES string of the molecule is C/C(=C(\C#N)c1ccc(Cl)cc1)C1CC1. The first-order valence-corrected chi connectivity index (χ1v) is 5.47. The van der Waals surface area contributed by atoms with Gasteiger partial charge in [0.05, 0.1) is 11.6 Å². The largest absolute Gasteiger partial charge is 0.192 e. The molecule has 1 nitrogen and oxygen atoms in total. The fourth-order valence-corrected chi connectivity index (χ4v) is 1.84. The molecule has 0 spiro atoms. The summed E-state index contributed by atoms with van der Waals surface area (Å²) < 4.78 is 0. The van der Waals surface area contributed by atoms with E-state index < -0.39 is 0 Å². The van der Waals surface area contributed by atoms with E-state index in [0.717, 1.165) is 11.1 Å². The third-order valence-corrected chi connectivity index (χ3v) is 3.08. The molecule has 0 atom stereocenters. The molecule has 1 aromatic carbocycles. The number of nitriles is 1. The Hall–Kier alpha value is -1.26.